The van der Waals surface area contributed by atoms with E-state index in [0.717, 1.165) is 22.9 Å². The number of rotatable bonds is 5. The van der Waals surface area contributed by atoms with Crippen molar-refractivity contribution in [3.8, 4) is 17.1 Å². The minimum absolute atomic E-state index is 0.0353. The van der Waals surface area contributed by atoms with E-state index in [2.05, 4.69) is 16.0 Å². The molecule has 3 aliphatic rings. The van der Waals surface area contributed by atoms with Crippen molar-refractivity contribution < 1.29 is 22.7 Å². The van der Waals surface area contributed by atoms with E-state index in [1.54, 1.807) is 11.1 Å². The number of carbonyl (C=O) groups is 1. The van der Waals surface area contributed by atoms with Crippen LogP contribution in [0, 0.1) is 5.92 Å². The first-order valence-electron chi connectivity index (χ1n) is 14.2. The van der Waals surface area contributed by atoms with Crippen LogP contribution in [0.25, 0.3) is 11.3 Å². The Morgan fingerprint density at radius 3 is 2.60 bits per heavy atom. The molecule has 12 heteroatoms. The lowest BCUT2D eigenvalue weighted by Gasteiger charge is -2.50. The zero-order chi connectivity index (χ0) is 29.6. The molecule has 1 N–H and O–H groups in total. The summed E-state index contributed by atoms with van der Waals surface area (Å²) in [6.45, 7) is 5.29. The Morgan fingerprint density at radius 2 is 1.90 bits per heavy atom. The number of aromatic amines is 1. The summed E-state index contributed by atoms with van der Waals surface area (Å²) in [5.41, 5.74) is 0.949. The van der Waals surface area contributed by atoms with E-state index in [4.69, 9.17) is 9.72 Å². The van der Waals surface area contributed by atoms with Crippen LogP contribution in [0.1, 0.15) is 36.7 Å². The third kappa shape index (κ3) is 5.12. The molecule has 0 unspecified atom stereocenters. The van der Waals surface area contributed by atoms with Crippen LogP contribution in [-0.4, -0.2) is 77.0 Å². The lowest BCUT2D eigenvalue weighted by Crippen LogP contribution is -2.58. The monoisotopic (exact) mass is 582 g/mol. The van der Waals surface area contributed by atoms with E-state index in [9.17, 15) is 22.8 Å². The summed E-state index contributed by atoms with van der Waals surface area (Å²) >= 11 is 0. The molecule has 1 amide bonds. The molecule has 0 saturated carbocycles. The van der Waals surface area contributed by atoms with Gasteiger partial charge in [-0.1, -0.05) is 6.07 Å². The van der Waals surface area contributed by atoms with Crippen molar-refractivity contribution in [2.45, 2.75) is 37.9 Å². The highest BCUT2D eigenvalue weighted by molar-refractivity contribution is 5.81. The maximum absolute atomic E-state index is 13.8. The zero-order valence-corrected chi connectivity index (χ0v) is 23.6. The van der Waals surface area contributed by atoms with E-state index in [-0.39, 0.29) is 17.5 Å². The molecule has 2 saturated heterocycles. The van der Waals surface area contributed by atoms with Crippen LogP contribution in [0.5, 0.6) is 5.88 Å². The summed E-state index contributed by atoms with van der Waals surface area (Å²) in [7, 11) is 1.98. The Kier molecular flexibility index (Phi) is 7.20. The predicted octanol–water partition coefficient (Wildman–Crippen LogP) is 3.69. The number of nitrogens with one attached hydrogen (secondary N) is 1. The number of anilines is 1. The van der Waals surface area contributed by atoms with Gasteiger partial charge in [0.1, 0.15) is 5.69 Å². The quantitative estimate of drug-likeness (QED) is 0.491. The van der Waals surface area contributed by atoms with Crippen molar-refractivity contribution in [3.05, 3.63) is 69.9 Å². The Labute approximate surface area is 241 Å². The fourth-order valence-electron chi connectivity index (χ4n) is 6.60. The number of carbonyl (C=O) groups excluding carboxylic acids is 1. The van der Waals surface area contributed by atoms with Gasteiger partial charge in [-0.3, -0.25) is 14.6 Å². The molecule has 0 radical (unpaired) electrons. The average Bonchev–Trinajstić information content (AvgIpc) is 2.95. The van der Waals surface area contributed by atoms with Crippen molar-refractivity contribution in [1.82, 2.24) is 24.8 Å². The highest BCUT2D eigenvalue weighted by Crippen LogP contribution is 2.45. The smallest absolute Gasteiger partial charge is 0.433 e. The normalized spacial score (nSPS) is 19.0. The van der Waals surface area contributed by atoms with Gasteiger partial charge in [-0.05, 0) is 56.6 Å². The van der Waals surface area contributed by atoms with Crippen molar-refractivity contribution >= 4 is 11.6 Å². The third-order valence-corrected chi connectivity index (χ3v) is 8.67. The minimum Gasteiger partial charge on any atom is -0.477 e. The number of piperidine rings is 1. The van der Waals surface area contributed by atoms with Gasteiger partial charge in [0.05, 0.1) is 41.7 Å². The van der Waals surface area contributed by atoms with Gasteiger partial charge >= 0.3 is 6.18 Å². The highest BCUT2D eigenvalue weighted by atomic mass is 19.4. The Morgan fingerprint density at radius 1 is 1.14 bits per heavy atom. The van der Waals surface area contributed by atoms with Gasteiger partial charge in [0.15, 0.2) is 0 Å². The maximum atomic E-state index is 13.8. The van der Waals surface area contributed by atoms with E-state index < -0.39 is 22.8 Å². The molecule has 3 aliphatic heterocycles. The first-order chi connectivity index (χ1) is 20.1. The Bertz CT molecular complexity index is 1540. The molecule has 6 heterocycles. The first-order valence-corrected chi connectivity index (χ1v) is 14.2. The minimum atomic E-state index is -4.69. The number of hydrogen-bond donors (Lipinski definition) is 1. The van der Waals surface area contributed by atoms with E-state index in [1.807, 2.05) is 42.1 Å². The number of likely N-dealkylation sites (tertiary alicyclic amines) is 1. The van der Waals surface area contributed by atoms with Crippen LogP contribution in [0.2, 0.25) is 0 Å². The van der Waals surface area contributed by atoms with Crippen molar-refractivity contribution in [3.63, 3.8) is 0 Å². The lowest BCUT2D eigenvalue weighted by molar-refractivity contribution is -0.143. The van der Waals surface area contributed by atoms with Gasteiger partial charge in [0, 0.05) is 50.4 Å². The molecule has 3 aromatic rings. The summed E-state index contributed by atoms with van der Waals surface area (Å²) in [6, 6.07) is 10.1. The number of nitrogens with zero attached hydrogens (tertiary/aromatic N) is 5. The third-order valence-electron chi connectivity index (χ3n) is 8.67. The second-order valence-electron chi connectivity index (χ2n) is 11.4. The fraction of sp³-hybridized carbons (Fsp3) is 0.467. The summed E-state index contributed by atoms with van der Waals surface area (Å²) in [6.07, 6.45) is -1.96. The molecule has 0 aromatic carbocycles. The van der Waals surface area contributed by atoms with Crippen molar-refractivity contribution in [2.75, 3.05) is 51.3 Å². The number of ether oxygens (including phenoxy) is 1. The lowest BCUT2D eigenvalue weighted by atomic mass is 9.69. The SMILES string of the molecule is CCOc1ncccc1-c1ccc2c(n1)CN(C(=O)C1CN(C)C1)CC21CCN(c2ccc(=O)[nH]c2C(F)(F)F)CC1. The van der Waals surface area contributed by atoms with E-state index >= 15 is 0 Å². The van der Waals surface area contributed by atoms with Crippen LogP contribution < -0.4 is 15.2 Å². The van der Waals surface area contributed by atoms with E-state index in [0.29, 0.717) is 70.3 Å². The second-order valence-corrected chi connectivity index (χ2v) is 11.4. The van der Waals surface area contributed by atoms with Gasteiger partial charge in [-0.15, -0.1) is 0 Å². The molecule has 222 valence electrons. The predicted molar refractivity (Wildman–Crippen MR) is 150 cm³/mol. The second kappa shape index (κ2) is 10.7. The highest BCUT2D eigenvalue weighted by Gasteiger charge is 2.47. The van der Waals surface area contributed by atoms with Crippen LogP contribution >= 0.6 is 0 Å². The molecule has 42 heavy (non-hydrogen) atoms. The summed E-state index contributed by atoms with van der Waals surface area (Å²) in [5.74, 6) is 0.498. The van der Waals surface area contributed by atoms with E-state index in [1.165, 1.54) is 6.07 Å². The van der Waals surface area contributed by atoms with Crippen molar-refractivity contribution in [1.29, 1.82) is 0 Å². The Balaban J connectivity index is 1.35. The fourth-order valence-corrected chi connectivity index (χ4v) is 6.60. The van der Waals surface area contributed by atoms with Gasteiger partial charge in [0.2, 0.25) is 17.3 Å². The summed E-state index contributed by atoms with van der Waals surface area (Å²) < 4.78 is 47.1. The number of fused-ring (bicyclic) bond motifs is 2. The number of pyridine rings is 3. The Hall–Kier alpha value is -3.93. The molecule has 3 aromatic heterocycles. The van der Waals surface area contributed by atoms with Gasteiger partial charge in [0.25, 0.3) is 0 Å². The zero-order valence-electron chi connectivity index (χ0n) is 23.6. The molecular weight excluding hydrogens is 549 g/mol. The average molecular weight is 583 g/mol. The molecule has 0 bridgehead atoms. The van der Waals surface area contributed by atoms with Crippen LogP contribution in [0.15, 0.2) is 47.4 Å². The number of H-pyrrole nitrogens is 1. The maximum Gasteiger partial charge on any atom is 0.433 e. The van der Waals surface area contributed by atoms with Crippen LogP contribution in [0.4, 0.5) is 18.9 Å². The number of alkyl halides is 3. The molecule has 6 rings (SSSR count). The largest absolute Gasteiger partial charge is 0.477 e. The summed E-state index contributed by atoms with van der Waals surface area (Å²) in [5, 5.41) is 0. The number of hydrogen-bond acceptors (Lipinski definition) is 7. The van der Waals surface area contributed by atoms with Crippen LogP contribution in [0.3, 0.4) is 0 Å². The molecule has 9 nitrogen and oxygen atoms in total. The molecule has 0 aliphatic carbocycles. The van der Waals surface area contributed by atoms with Crippen molar-refractivity contribution in [2.24, 2.45) is 5.92 Å². The molecule has 1 spiro atoms. The topological polar surface area (TPSA) is 94.7 Å². The number of aromatic nitrogens is 3. The van der Waals surface area contributed by atoms with Gasteiger partial charge in [-0.2, -0.15) is 13.2 Å². The first kappa shape index (κ1) is 28.2. The summed E-state index contributed by atoms with van der Waals surface area (Å²) in [4.78, 5) is 42.4. The number of amides is 1. The molecule has 2 fully saturated rings. The number of halogens is 3. The standard InChI is InChI=1S/C30H33F3N6O3/c1-3-42-27-20(5-4-12-34-27)22-7-6-21-23(35-22)17-39(28(41)19-15-37(2)16-19)18-29(21)10-13-38(14-11-29)24-8-9-25(40)36-26(24)30(31,32)33/h4-9,12,19H,3,10-11,13-18H2,1-2H3,(H,36,40). The molecular formula is C30H33F3N6O3. The molecule has 0 atom stereocenters. The van der Waals surface area contributed by atoms with Gasteiger partial charge in [-0.25, -0.2) is 4.98 Å². The van der Waals surface area contributed by atoms with Crippen LogP contribution in [-0.2, 0) is 22.9 Å². The van der Waals surface area contributed by atoms with Gasteiger partial charge < -0.3 is 24.4 Å².